The van der Waals surface area contributed by atoms with Gasteiger partial charge >= 0.3 is 0 Å². The SMILES string of the molecule is CCn1nc(Nc2cc3cc(-c4cncc(N)c4C)nc(C)c3cn2)cc1C1(CN(C)C=O)CC1. The molecular weight excluding hydrogens is 440 g/mol. The number of hydrogen-bond acceptors (Lipinski definition) is 7. The van der Waals surface area contributed by atoms with E-state index in [1.807, 2.05) is 43.9 Å². The number of nitrogen functional groups attached to an aromatic ring is 1. The lowest BCUT2D eigenvalue weighted by atomic mass is 10.0. The summed E-state index contributed by atoms with van der Waals surface area (Å²) in [5.41, 5.74) is 11.5. The maximum Gasteiger partial charge on any atom is 0.209 e. The number of fused-ring (bicyclic) bond motifs is 1. The molecule has 4 aromatic rings. The van der Waals surface area contributed by atoms with Crippen LogP contribution in [0.25, 0.3) is 22.0 Å². The zero-order valence-electron chi connectivity index (χ0n) is 20.5. The van der Waals surface area contributed by atoms with Crippen molar-refractivity contribution < 1.29 is 4.79 Å². The number of nitrogens with one attached hydrogen (secondary N) is 1. The molecule has 0 aromatic carbocycles. The lowest BCUT2D eigenvalue weighted by Crippen LogP contribution is -2.29. The number of hydrogen-bond donors (Lipinski definition) is 2. The summed E-state index contributed by atoms with van der Waals surface area (Å²) in [5.74, 6) is 1.45. The minimum absolute atomic E-state index is 0.0173. The van der Waals surface area contributed by atoms with Gasteiger partial charge < -0.3 is 16.0 Å². The van der Waals surface area contributed by atoms with Gasteiger partial charge in [0, 0.05) is 66.3 Å². The highest BCUT2D eigenvalue weighted by atomic mass is 16.1. The van der Waals surface area contributed by atoms with E-state index in [1.54, 1.807) is 17.3 Å². The maximum absolute atomic E-state index is 11.2. The Labute approximate surface area is 204 Å². The second-order valence-corrected chi connectivity index (χ2v) is 9.44. The Balaban J connectivity index is 1.48. The van der Waals surface area contributed by atoms with Crippen LogP contribution in [0.3, 0.4) is 0 Å². The predicted molar refractivity (Wildman–Crippen MR) is 137 cm³/mol. The van der Waals surface area contributed by atoms with Crippen molar-refractivity contribution in [3.8, 4) is 11.3 Å². The third kappa shape index (κ3) is 4.18. The topological polar surface area (TPSA) is 115 Å². The monoisotopic (exact) mass is 470 g/mol. The molecule has 1 saturated carbocycles. The highest BCUT2D eigenvalue weighted by molar-refractivity contribution is 5.89. The molecular formula is C26H30N8O. The number of amides is 1. The minimum Gasteiger partial charge on any atom is -0.397 e. The highest BCUT2D eigenvalue weighted by Crippen LogP contribution is 2.49. The molecule has 1 aliphatic carbocycles. The first-order valence-corrected chi connectivity index (χ1v) is 11.8. The van der Waals surface area contributed by atoms with Crippen molar-refractivity contribution in [2.45, 2.75) is 45.6 Å². The van der Waals surface area contributed by atoms with Crippen LogP contribution in [0.2, 0.25) is 0 Å². The van der Waals surface area contributed by atoms with Gasteiger partial charge in [-0.15, -0.1) is 0 Å². The molecule has 0 radical (unpaired) electrons. The van der Waals surface area contributed by atoms with Gasteiger partial charge in [0.1, 0.15) is 5.82 Å². The molecule has 9 nitrogen and oxygen atoms in total. The van der Waals surface area contributed by atoms with E-state index in [4.69, 9.17) is 15.8 Å². The summed E-state index contributed by atoms with van der Waals surface area (Å²) in [7, 11) is 1.82. The van der Waals surface area contributed by atoms with Crippen molar-refractivity contribution in [3.05, 3.63) is 53.7 Å². The smallest absolute Gasteiger partial charge is 0.209 e. The number of rotatable bonds is 8. The molecule has 1 amide bonds. The second-order valence-electron chi connectivity index (χ2n) is 9.44. The predicted octanol–water partition coefficient (Wildman–Crippen LogP) is 3.97. The van der Waals surface area contributed by atoms with Crippen molar-refractivity contribution in [2.24, 2.45) is 0 Å². The number of aryl methyl sites for hydroxylation is 2. The number of carbonyl (C=O) groups is 1. The Hall–Kier alpha value is -4.01. The molecule has 4 heterocycles. The average Bonchev–Trinajstić information content (AvgIpc) is 3.50. The zero-order valence-corrected chi connectivity index (χ0v) is 20.5. The van der Waals surface area contributed by atoms with Crippen LogP contribution >= 0.6 is 0 Å². The molecule has 4 aromatic heterocycles. The van der Waals surface area contributed by atoms with Gasteiger partial charge in [0.2, 0.25) is 6.41 Å². The van der Waals surface area contributed by atoms with Gasteiger partial charge in [-0.05, 0) is 56.7 Å². The number of nitrogens with two attached hydrogens (primary N) is 1. The fourth-order valence-electron chi connectivity index (χ4n) is 4.76. The Kier molecular flexibility index (Phi) is 5.62. The first kappa shape index (κ1) is 22.8. The number of likely N-dealkylation sites (N-methyl/N-ethyl adjacent to an activating group) is 1. The van der Waals surface area contributed by atoms with E-state index in [-0.39, 0.29) is 5.41 Å². The quantitative estimate of drug-likeness (QED) is 0.374. The number of anilines is 3. The Morgan fingerprint density at radius 2 is 1.97 bits per heavy atom. The van der Waals surface area contributed by atoms with Crippen molar-refractivity contribution in [1.82, 2.24) is 29.6 Å². The number of pyridine rings is 3. The Bertz CT molecular complexity index is 1420. The molecule has 35 heavy (non-hydrogen) atoms. The summed E-state index contributed by atoms with van der Waals surface area (Å²) in [6.45, 7) is 7.50. The van der Waals surface area contributed by atoms with Crippen molar-refractivity contribution in [2.75, 3.05) is 24.6 Å². The van der Waals surface area contributed by atoms with E-state index < -0.39 is 0 Å². The Morgan fingerprint density at radius 3 is 2.69 bits per heavy atom. The van der Waals surface area contributed by atoms with Gasteiger partial charge in [0.15, 0.2) is 5.82 Å². The molecule has 3 N–H and O–H groups in total. The maximum atomic E-state index is 11.2. The van der Waals surface area contributed by atoms with E-state index in [9.17, 15) is 4.79 Å². The van der Waals surface area contributed by atoms with Crippen LogP contribution in [-0.4, -0.2) is 49.6 Å². The van der Waals surface area contributed by atoms with E-state index in [0.717, 1.165) is 70.6 Å². The van der Waals surface area contributed by atoms with E-state index >= 15 is 0 Å². The van der Waals surface area contributed by atoms with Gasteiger partial charge in [0.05, 0.1) is 17.6 Å². The average molecular weight is 471 g/mol. The van der Waals surface area contributed by atoms with Crippen molar-refractivity contribution in [3.63, 3.8) is 0 Å². The molecule has 0 atom stereocenters. The first-order valence-electron chi connectivity index (χ1n) is 11.8. The first-order chi connectivity index (χ1) is 16.8. The standard InChI is InChI=1S/C26H30N8O/c1-5-34-23(26(6-7-26)14-33(4)15-35)10-25(32-34)31-24-9-18-8-22(30-17(3)20(18)12-29-24)19-11-28-13-21(27)16(19)2/h8-13,15H,5-7,14,27H2,1-4H3,(H,29,31,32). The summed E-state index contributed by atoms with van der Waals surface area (Å²) in [6.07, 6.45) is 8.29. The van der Waals surface area contributed by atoms with Gasteiger partial charge in [0.25, 0.3) is 0 Å². The van der Waals surface area contributed by atoms with Gasteiger partial charge in [-0.2, -0.15) is 5.10 Å². The lowest BCUT2D eigenvalue weighted by molar-refractivity contribution is -0.117. The fraction of sp³-hybridized carbons (Fsp3) is 0.346. The van der Waals surface area contributed by atoms with Gasteiger partial charge in [-0.3, -0.25) is 19.4 Å². The molecule has 0 saturated heterocycles. The summed E-state index contributed by atoms with van der Waals surface area (Å²) >= 11 is 0. The number of aromatic nitrogens is 5. The van der Waals surface area contributed by atoms with Crippen LogP contribution in [0, 0.1) is 13.8 Å². The van der Waals surface area contributed by atoms with E-state index in [1.165, 1.54) is 0 Å². The Morgan fingerprint density at radius 1 is 1.17 bits per heavy atom. The molecule has 0 bridgehead atoms. The molecule has 0 aliphatic heterocycles. The molecule has 180 valence electrons. The van der Waals surface area contributed by atoms with E-state index in [0.29, 0.717) is 18.1 Å². The second kappa shape index (κ2) is 8.65. The van der Waals surface area contributed by atoms with Crippen LogP contribution in [0.1, 0.15) is 36.7 Å². The molecule has 0 unspecified atom stereocenters. The lowest BCUT2D eigenvalue weighted by Gasteiger charge is -2.21. The van der Waals surface area contributed by atoms with Gasteiger partial charge in [-0.1, -0.05) is 0 Å². The summed E-state index contributed by atoms with van der Waals surface area (Å²) in [4.78, 5) is 26.5. The summed E-state index contributed by atoms with van der Waals surface area (Å²) in [6, 6.07) is 6.15. The summed E-state index contributed by atoms with van der Waals surface area (Å²) in [5, 5.41) is 10.2. The fourth-order valence-corrected chi connectivity index (χ4v) is 4.76. The zero-order chi connectivity index (χ0) is 24.7. The van der Waals surface area contributed by atoms with Crippen LogP contribution in [-0.2, 0) is 16.8 Å². The van der Waals surface area contributed by atoms with Crippen molar-refractivity contribution >= 4 is 34.5 Å². The number of nitrogens with zero attached hydrogens (tertiary/aromatic N) is 6. The molecule has 1 aliphatic rings. The molecule has 9 heteroatoms. The molecule has 0 spiro atoms. The van der Waals surface area contributed by atoms with Crippen molar-refractivity contribution in [1.29, 1.82) is 0 Å². The third-order valence-corrected chi connectivity index (χ3v) is 6.90. The van der Waals surface area contributed by atoms with Crippen LogP contribution in [0.15, 0.2) is 36.8 Å². The van der Waals surface area contributed by atoms with Gasteiger partial charge in [-0.25, -0.2) is 4.98 Å². The normalized spacial score (nSPS) is 14.2. The van der Waals surface area contributed by atoms with E-state index in [2.05, 4.69) is 28.3 Å². The summed E-state index contributed by atoms with van der Waals surface area (Å²) < 4.78 is 2.02. The number of carbonyl (C=O) groups excluding carboxylic acids is 1. The third-order valence-electron chi connectivity index (χ3n) is 6.90. The van der Waals surface area contributed by atoms with Crippen LogP contribution < -0.4 is 11.1 Å². The largest absolute Gasteiger partial charge is 0.397 e. The minimum atomic E-state index is -0.0173. The molecule has 1 fully saturated rings. The van der Waals surface area contributed by atoms with Crippen LogP contribution in [0.5, 0.6) is 0 Å². The highest BCUT2D eigenvalue weighted by Gasteiger charge is 2.47. The van der Waals surface area contributed by atoms with Crippen LogP contribution in [0.4, 0.5) is 17.3 Å². The molecule has 5 rings (SSSR count).